The first-order chi connectivity index (χ1) is 13.7. The number of fused-ring (bicyclic) bond motifs is 1. The summed E-state index contributed by atoms with van der Waals surface area (Å²) in [5, 5.41) is 12.2. The van der Waals surface area contributed by atoms with E-state index in [1.165, 1.54) is 0 Å². The molecule has 0 aliphatic carbocycles. The Balaban J connectivity index is 1.68. The molecule has 1 N–H and O–H groups in total. The van der Waals surface area contributed by atoms with Crippen LogP contribution in [0.1, 0.15) is 31.7 Å². The van der Waals surface area contributed by atoms with E-state index < -0.39 is 6.10 Å². The van der Waals surface area contributed by atoms with Crippen molar-refractivity contribution < 1.29 is 5.11 Å². The maximum Gasteiger partial charge on any atom is 0.169 e. The number of aryl methyl sites for hydroxylation is 1. The van der Waals surface area contributed by atoms with E-state index in [0.717, 1.165) is 39.8 Å². The molecule has 0 aliphatic heterocycles. The standard InChI is InChI=1S/C21H21N5OS/c1-3-26-18-8-7-16(6-4-5-15(2)27)13-17(18)24-19(26)14-25-11-9-22-20(25)21-23-10-12-28-21/h7-13,15,27H,3,5,14H2,1-2H3. The first-order valence-corrected chi connectivity index (χ1v) is 10.1. The summed E-state index contributed by atoms with van der Waals surface area (Å²) < 4.78 is 4.30. The van der Waals surface area contributed by atoms with Crippen LogP contribution >= 0.6 is 11.3 Å². The van der Waals surface area contributed by atoms with Crippen LogP contribution in [0.3, 0.4) is 0 Å². The summed E-state index contributed by atoms with van der Waals surface area (Å²) in [7, 11) is 0. The molecule has 28 heavy (non-hydrogen) atoms. The van der Waals surface area contributed by atoms with Gasteiger partial charge in [-0.25, -0.2) is 15.0 Å². The molecule has 6 nitrogen and oxygen atoms in total. The lowest BCUT2D eigenvalue weighted by Gasteiger charge is -2.08. The summed E-state index contributed by atoms with van der Waals surface area (Å²) in [6.07, 6.45) is 5.60. The predicted octanol–water partition coefficient (Wildman–Crippen LogP) is 3.55. The van der Waals surface area contributed by atoms with Crippen molar-refractivity contribution in [2.24, 2.45) is 0 Å². The average Bonchev–Trinajstić information content (AvgIpc) is 3.40. The Morgan fingerprint density at radius 3 is 2.89 bits per heavy atom. The molecule has 0 saturated heterocycles. The van der Waals surface area contributed by atoms with Crippen LogP contribution in [0.15, 0.2) is 42.2 Å². The van der Waals surface area contributed by atoms with Crippen LogP contribution in [0, 0.1) is 11.8 Å². The van der Waals surface area contributed by atoms with E-state index in [4.69, 9.17) is 4.98 Å². The minimum atomic E-state index is -0.413. The number of nitrogens with zero attached hydrogens (tertiary/aromatic N) is 5. The van der Waals surface area contributed by atoms with E-state index in [-0.39, 0.29) is 0 Å². The second kappa shape index (κ2) is 7.97. The number of aromatic nitrogens is 5. The largest absolute Gasteiger partial charge is 0.392 e. The molecule has 0 radical (unpaired) electrons. The Bertz CT molecular complexity index is 1140. The molecule has 3 heterocycles. The Hall–Kier alpha value is -2.95. The molecule has 4 aromatic rings. The van der Waals surface area contributed by atoms with E-state index in [1.54, 1.807) is 30.7 Å². The third kappa shape index (κ3) is 3.70. The molecule has 142 valence electrons. The molecule has 0 amide bonds. The van der Waals surface area contributed by atoms with Crippen molar-refractivity contribution in [2.45, 2.75) is 39.5 Å². The van der Waals surface area contributed by atoms with Crippen molar-refractivity contribution in [3.05, 3.63) is 53.6 Å². The van der Waals surface area contributed by atoms with E-state index in [9.17, 15) is 5.11 Å². The van der Waals surface area contributed by atoms with E-state index >= 15 is 0 Å². The molecule has 1 atom stereocenters. The molecule has 0 fully saturated rings. The first kappa shape index (κ1) is 18.4. The molecule has 0 bridgehead atoms. The number of aliphatic hydroxyl groups is 1. The monoisotopic (exact) mass is 391 g/mol. The number of rotatable bonds is 5. The van der Waals surface area contributed by atoms with Gasteiger partial charge in [-0.3, -0.25) is 0 Å². The minimum Gasteiger partial charge on any atom is -0.392 e. The Kier molecular flexibility index (Phi) is 5.24. The summed E-state index contributed by atoms with van der Waals surface area (Å²) >= 11 is 1.58. The van der Waals surface area contributed by atoms with Crippen molar-refractivity contribution >= 4 is 22.4 Å². The van der Waals surface area contributed by atoms with Crippen LogP contribution in [0.25, 0.3) is 21.9 Å². The fraction of sp³-hybridized carbons (Fsp3) is 0.286. The quantitative estimate of drug-likeness (QED) is 0.528. The van der Waals surface area contributed by atoms with Gasteiger partial charge < -0.3 is 14.2 Å². The highest BCUT2D eigenvalue weighted by Crippen LogP contribution is 2.23. The lowest BCUT2D eigenvalue weighted by molar-refractivity contribution is 0.201. The van der Waals surface area contributed by atoms with Crippen LogP contribution in [-0.2, 0) is 13.1 Å². The number of benzene rings is 1. The number of hydrogen-bond donors (Lipinski definition) is 1. The van der Waals surface area contributed by atoms with Gasteiger partial charge in [-0.2, -0.15) is 0 Å². The summed E-state index contributed by atoms with van der Waals surface area (Å²) in [5.41, 5.74) is 2.93. The van der Waals surface area contributed by atoms with Gasteiger partial charge in [0.25, 0.3) is 0 Å². The van der Waals surface area contributed by atoms with Crippen molar-refractivity contribution in [1.82, 2.24) is 24.1 Å². The lowest BCUT2D eigenvalue weighted by Crippen LogP contribution is -2.08. The number of hydrogen-bond acceptors (Lipinski definition) is 5. The molecule has 1 aromatic carbocycles. The zero-order valence-corrected chi connectivity index (χ0v) is 16.6. The molecular formula is C21H21N5OS. The molecule has 1 unspecified atom stereocenters. The van der Waals surface area contributed by atoms with Gasteiger partial charge in [0.05, 0.1) is 23.7 Å². The minimum absolute atomic E-state index is 0.413. The number of imidazole rings is 2. The maximum absolute atomic E-state index is 9.36. The fourth-order valence-corrected chi connectivity index (χ4v) is 3.80. The van der Waals surface area contributed by atoms with E-state index in [1.807, 2.05) is 23.7 Å². The number of aliphatic hydroxyl groups excluding tert-OH is 1. The van der Waals surface area contributed by atoms with Crippen molar-refractivity contribution in [3.8, 4) is 22.7 Å². The maximum atomic E-state index is 9.36. The van der Waals surface area contributed by atoms with Gasteiger partial charge >= 0.3 is 0 Å². The Morgan fingerprint density at radius 1 is 1.25 bits per heavy atom. The molecule has 3 aromatic heterocycles. The summed E-state index contributed by atoms with van der Waals surface area (Å²) in [6, 6.07) is 6.08. The van der Waals surface area contributed by atoms with Crippen molar-refractivity contribution in [3.63, 3.8) is 0 Å². The first-order valence-electron chi connectivity index (χ1n) is 9.22. The second-order valence-corrected chi connectivity index (χ2v) is 7.44. The number of thiazole rings is 1. The fourth-order valence-electron chi connectivity index (χ4n) is 3.15. The van der Waals surface area contributed by atoms with Gasteiger partial charge in [0.15, 0.2) is 10.8 Å². The van der Waals surface area contributed by atoms with Crippen LogP contribution in [-0.4, -0.2) is 35.3 Å². The van der Waals surface area contributed by atoms with Crippen LogP contribution in [0.2, 0.25) is 0 Å². The van der Waals surface area contributed by atoms with E-state index in [0.29, 0.717) is 13.0 Å². The zero-order chi connectivity index (χ0) is 19.5. The summed E-state index contributed by atoms with van der Waals surface area (Å²) in [5.74, 6) is 7.95. The van der Waals surface area contributed by atoms with Gasteiger partial charge in [-0.05, 0) is 32.0 Å². The van der Waals surface area contributed by atoms with Gasteiger partial charge in [0, 0.05) is 42.5 Å². The van der Waals surface area contributed by atoms with Crippen LogP contribution < -0.4 is 0 Å². The van der Waals surface area contributed by atoms with Gasteiger partial charge in [0.2, 0.25) is 0 Å². The lowest BCUT2D eigenvalue weighted by atomic mass is 10.2. The molecular weight excluding hydrogens is 370 g/mol. The van der Waals surface area contributed by atoms with Crippen molar-refractivity contribution in [2.75, 3.05) is 0 Å². The highest BCUT2D eigenvalue weighted by molar-refractivity contribution is 7.13. The van der Waals surface area contributed by atoms with Crippen molar-refractivity contribution in [1.29, 1.82) is 0 Å². The molecule has 0 aliphatic rings. The normalized spacial score (nSPS) is 12.1. The molecule has 4 rings (SSSR count). The predicted molar refractivity (Wildman–Crippen MR) is 111 cm³/mol. The smallest absolute Gasteiger partial charge is 0.169 e. The van der Waals surface area contributed by atoms with Gasteiger partial charge in [-0.1, -0.05) is 11.8 Å². The van der Waals surface area contributed by atoms with Gasteiger partial charge in [0.1, 0.15) is 5.82 Å². The SMILES string of the molecule is CCn1c(Cn2ccnc2-c2nccs2)nc2cc(C#CCC(C)O)ccc21. The third-order valence-electron chi connectivity index (χ3n) is 4.42. The summed E-state index contributed by atoms with van der Waals surface area (Å²) in [4.78, 5) is 13.7. The van der Waals surface area contributed by atoms with Crippen LogP contribution in [0.4, 0.5) is 0 Å². The summed E-state index contributed by atoms with van der Waals surface area (Å²) in [6.45, 7) is 5.32. The highest BCUT2D eigenvalue weighted by atomic mass is 32.1. The van der Waals surface area contributed by atoms with Gasteiger partial charge in [-0.15, -0.1) is 11.3 Å². The third-order valence-corrected chi connectivity index (χ3v) is 5.19. The van der Waals surface area contributed by atoms with E-state index in [2.05, 4.69) is 43.9 Å². The Morgan fingerprint density at radius 2 is 2.14 bits per heavy atom. The Labute approximate surface area is 167 Å². The topological polar surface area (TPSA) is 68.8 Å². The molecule has 0 saturated carbocycles. The zero-order valence-electron chi connectivity index (χ0n) is 15.8. The van der Waals surface area contributed by atoms with Crippen LogP contribution in [0.5, 0.6) is 0 Å². The highest BCUT2D eigenvalue weighted by Gasteiger charge is 2.14. The average molecular weight is 392 g/mol. The molecule has 7 heteroatoms. The molecule has 0 spiro atoms. The second-order valence-electron chi connectivity index (χ2n) is 6.55.